The molecule has 0 aromatic carbocycles. The maximum absolute atomic E-state index is 13.0. The van der Waals surface area contributed by atoms with Gasteiger partial charge in [-0.1, -0.05) is 6.92 Å². The first-order chi connectivity index (χ1) is 5.11. The molecule has 1 aliphatic heterocycles. The van der Waals surface area contributed by atoms with E-state index in [4.69, 9.17) is 0 Å². The first kappa shape index (κ1) is 8.50. The number of halogens is 1. The Morgan fingerprint density at radius 3 is 2.73 bits per heavy atom. The van der Waals surface area contributed by atoms with Crippen molar-refractivity contribution < 1.29 is 9.18 Å². The topological polar surface area (TPSA) is 20.3 Å². The van der Waals surface area contributed by atoms with Crippen LogP contribution in [0.1, 0.15) is 20.3 Å². The second kappa shape index (κ2) is 3.20. The Labute approximate surface area is 66.4 Å². The number of amides is 1. The van der Waals surface area contributed by atoms with E-state index < -0.39 is 6.17 Å². The van der Waals surface area contributed by atoms with Gasteiger partial charge >= 0.3 is 0 Å². The molecule has 3 heteroatoms. The number of rotatable bonds is 0. The van der Waals surface area contributed by atoms with Crippen molar-refractivity contribution in [1.82, 2.24) is 4.90 Å². The third-order valence-electron chi connectivity index (χ3n) is 2.31. The molecule has 0 N–H and O–H groups in total. The van der Waals surface area contributed by atoms with Gasteiger partial charge < -0.3 is 4.90 Å². The van der Waals surface area contributed by atoms with Crippen LogP contribution in [0.25, 0.3) is 0 Å². The van der Waals surface area contributed by atoms with Crippen LogP contribution in [0.3, 0.4) is 0 Å². The zero-order valence-electron chi connectivity index (χ0n) is 7.01. The summed E-state index contributed by atoms with van der Waals surface area (Å²) >= 11 is 0. The predicted molar refractivity (Wildman–Crippen MR) is 40.9 cm³/mol. The summed E-state index contributed by atoms with van der Waals surface area (Å²) in [4.78, 5) is 12.4. The number of alkyl halides is 1. The molecule has 1 rings (SSSR count). The fourth-order valence-electron chi connectivity index (χ4n) is 1.31. The van der Waals surface area contributed by atoms with E-state index in [9.17, 15) is 9.18 Å². The van der Waals surface area contributed by atoms with Gasteiger partial charge in [-0.3, -0.25) is 4.79 Å². The van der Waals surface area contributed by atoms with Gasteiger partial charge in [-0.05, 0) is 12.3 Å². The number of carbonyl (C=O) groups excluding carboxylic acids is 1. The second-order valence-corrected chi connectivity index (χ2v) is 3.25. The highest BCUT2D eigenvalue weighted by Crippen LogP contribution is 2.19. The zero-order chi connectivity index (χ0) is 8.43. The molecule has 0 saturated carbocycles. The Kier molecular flexibility index (Phi) is 2.47. The third kappa shape index (κ3) is 1.91. The van der Waals surface area contributed by atoms with Gasteiger partial charge in [0.15, 0.2) is 0 Å². The van der Waals surface area contributed by atoms with Crippen molar-refractivity contribution in [3.05, 3.63) is 0 Å². The van der Waals surface area contributed by atoms with Gasteiger partial charge in [-0.2, -0.15) is 0 Å². The summed E-state index contributed by atoms with van der Waals surface area (Å²) in [6, 6.07) is 0. The van der Waals surface area contributed by atoms with E-state index in [-0.39, 0.29) is 18.4 Å². The van der Waals surface area contributed by atoms with Crippen molar-refractivity contribution in [3.8, 4) is 0 Å². The van der Waals surface area contributed by atoms with Crippen LogP contribution in [0.5, 0.6) is 0 Å². The molecule has 0 radical (unpaired) electrons. The minimum Gasteiger partial charge on any atom is -0.340 e. The lowest BCUT2D eigenvalue weighted by atomic mass is 9.97. The molecule has 2 atom stereocenters. The lowest BCUT2D eigenvalue weighted by Gasteiger charge is -2.32. The Hall–Kier alpha value is -0.600. The largest absolute Gasteiger partial charge is 0.340 e. The summed E-state index contributed by atoms with van der Waals surface area (Å²) in [5.41, 5.74) is 0. The molecule has 64 valence electrons. The van der Waals surface area contributed by atoms with Crippen LogP contribution in [0.15, 0.2) is 0 Å². The number of likely N-dealkylation sites (tertiary alicyclic amines) is 1. The lowest BCUT2D eigenvalue weighted by molar-refractivity contribution is -0.131. The Balaban J connectivity index is 2.46. The maximum atomic E-state index is 13.0. The SMILES string of the molecule is CC(=O)N1CCC(C)[C@@H](F)C1. The van der Waals surface area contributed by atoms with Crippen molar-refractivity contribution in [2.75, 3.05) is 13.1 Å². The van der Waals surface area contributed by atoms with Crippen LogP contribution in [0.4, 0.5) is 4.39 Å². The molecule has 0 aromatic rings. The third-order valence-corrected chi connectivity index (χ3v) is 2.31. The molecule has 0 spiro atoms. The maximum Gasteiger partial charge on any atom is 0.219 e. The average molecular weight is 159 g/mol. The minimum absolute atomic E-state index is 0.0143. The van der Waals surface area contributed by atoms with Crippen LogP contribution in [0.2, 0.25) is 0 Å². The molecule has 2 nitrogen and oxygen atoms in total. The molecule has 1 amide bonds. The first-order valence-electron chi connectivity index (χ1n) is 4.01. The first-order valence-corrected chi connectivity index (χ1v) is 4.01. The molecular weight excluding hydrogens is 145 g/mol. The van der Waals surface area contributed by atoms with Crippen molar-refractivity contribution >= 4 is 5.91 Å². The summed E-state index contributed by atoms with van der Waals surface area (Å²) in [7, 11) is 0. The molecule has 1 unspecified atom stereocenters. The molecular formula is C8H14FNO. The van der Waals surface area contributed by atoms with Gasteiger partial charge in [0.2, 0.25) is 5.91 Å². The fourth-order valence-corrected chi connectivity index (χ4v) is 1.31. The number of carbonyl (C=O) groups is 1. The van der Waals surface area contributed by atoms with Crippen LogP contribution < -0.4 is 0 Å². The number of piperidine rings is 1. The standard InChI is InChI=1S/C8H14FNO/c1-6-3-4-10(7(2)11)5-8(6)9/h6,8H,3-5H2,1-2H3/t6?,8-/m0/s1. The number of hydrogen-bond donors (Lipinski definition) is 0. The Morgan fingerprint density at radius 2 is 2.27 bits per heavy atom. The van der Waals surface area contributed by atoms with Crippen LogP contribution in [-0.2, 0) is 4.79 Å². The molecule has 0 aromatic heterocycles. The van der Waals surface area contributed by atoms with E-state index in [1.54, 1.807) is 4.90 Å². The van der Waals surface area contributed by atoms with Crippen LogP contribution in [0, 0.1) is 5.92 Å². The molecule has 0 aliphatic carbocycles. The van der Waals surface area contributed by atoms with Gasteiger partial charge in [0.05, 0.1) is 6.54 Å². The zero-order valence-corrected chi connectivity index (χ0v) is 7.01. The molecule has 11 heavy (non-hydrogen) atoms. The number of hydrogen-bond acceptors (Lipinski definition) is 1. The Morgan fingerprint density at radius 1 is 1.64 bits per heavy atom. The normalized spacial score (nSPS) is 32.1. The van der Waals surface area contributed by atoms with Crippen molar-refractivity contribution in [2.24, 2.45) is 5.92 Å². The lowest BCUT2D eigenvalue weighted by Crippen LogP contribution is -2.43. The van der Waals surface area contributed by atoms with E-state index >= 15 is 0 Å². The number of nitrogens with zero attached hydrogens (tertiary/aromatic N) is 1. The van der Waals surface area contributed by atoms with Crippen molar-refractivity contribution in [3.63, 3.8) is 0 Å². The smallest absolute Gasteiger partial charge is 0.219 e. The summed E-state index contributed by atoms with van der Waals surface area (Å²) in [5, 5.41) is 0. The van der Waals surface area contributed by atoms with Crippen LogP contribution in [-0.4, -0.2) is 30.1 Å². The van der Waals surface area contributed by atoms with E-state index in [2.05, 4.69) is 0 Å². The highest BCUT2D eigenvalue weighted by molar-refractivity contribution is 5.73. The van der Waals surface area contributed by atoms with Gasteiger partial charge in [0.1, 0.15) is 6.17 Å². The second-order valence-electron chi connectivity index (χ2n) is 3.25. The monoisotopic (exact) mass is 159 g/mol. The van der Waals surface area contributed by atoms with E-state index in [0.29, 0.717) is 0 Å². The van der Waals surface area contributed by atoms with Crippen LogP contribution >= 0.6 is 0 Å². The van der Waals surface area contributed by atoms with E-state index in [1.165, 1.54) is 6.92 Å². The summed E-state index contributed by atoms with van der Waals surface area (Å²) in [5.74, 6) is 0.102. The van der Waals surface area contributed by atoms with E-state index in [0.717, 1.165) is 13.0 Å². The average Bonchev–Trinajstić information content (AvgIpc) is 1.94. The highest BCUT2D eigenvalue weighted by Gasteiger charge is 2.26. The molecule has 1 aliphatic rings. The summed E-state index contributed by atoms with van der Waals surface area (Å²) < 4.78 is 13.0. The molecule has 1 heterocycles. The van der Waals surface area contributed by atoms with E-state index in [1.807, 2.05) is 6.92 Å². The minimum atomic E-state index is -0.826. The predicted octanol–water partition coefficient (Wildman–Crippen LogP) is 1.21. The quantitative estimate of drug-likeness (QED) is 0.520. The molecule has 1 fully saturated rings. The van der Waals surface area contributed by atoms with Crippen molar-refractivity contribution in [1.29, 1.82) is 0 Å². The fraction of sp³-hybridized carbons (Fsp3) is 0.875. The summed E-state index contributed by atoms with van der Waals surface area (Å²) in [6.07, 6.45) is -0.0338. The van der Waals surface area contributed by atoms with Crippen molar-refractivity contribution in [2.45, 2.75) is 26.4 Å². The van der Waals surface area contributed by atoms with Gasteiger partial charge in [-0.15, -0.1) is 0 Å². The highest BCUT2D eigenvalue weighted by atomic mass is 19.1. The van der Waals surface area contributed by atoms with Gasteiger partial charge in [0.25, 0.3) is 0 Å². The van der Waals surface area contributed by atoms with Gasteiger partial charge in [-0.25, -0.2) is 4.39 Å². The summed E-state index contributed by atoms with van der Waals surface area (Å²) in [6.45, 7) is 4.39. The molecule has 1 saturated heterocycles. The Bertz CT molecular complexity index is 160. The molecule has 0 bridgehead atoms. The van der Waals surface area contributed by atoms with Gasteiger partial charge in [0, 0.05) is 13.5 Å².